The molecule has 1 atom stereocenters. The molecule has 86 valence electrons. The summed E-state index contributed by atoms with van der Waals surface area (Å²) in [5.41, 5.74) is 2.88. The second kappa shape index (κ2) is 6.93. The van der Waals surface area contributed by atoms with Crippen LogP contribution in [0.4, 0.5) is 0 Å². The van der Waals surface area contributed by atoms with Gasteiger partial charge in [-0.15, -0.1) is 11.3 Å². The Morgan fingerprint density at radius 3 is 2.80 bits per heavy atom. The lowest BCUT2D eigenvalue weighted by molar-refractivity contribution is 0.487. The van der Waals surface area contributed by atoms with Crippen molar-refractivity contribution < 1.29 is 0 Å². The van der Waals surface area contributed by atoms with Crippen LogP contribution in [0.1, 0.15) is 55.0 Å². The molecular weight excluding hydrogens is 206 g/mol. The SMILES string of the molecule is CCCCCCC(NN)c1cnc(C)s1. The minimum absolute atomic E-state index is 0.285. The number of unbranched alkanes of at least 4 members (excludes halogenated alkanes) is 3. The summed E-state index contributed by atoms with van der Waals surface area (Å²) in [4.78, 5) is 5.51. The quantitative estimate of drug-likeness (QED) is 0.428. The van der Waals surface area contributed by atoms with Gasteiger partial charge in [-0.2, -0.15) is 0 Å². The van der Waals surface area contributed by atoms with Gasteiger partial charge in [0.05, 0.1) is 11.0 Å². The molecule has 1 aromatic heterocycles. The largest absolute Gasteiger partial charge is 0.271 e. The molecule has 1 aromatic rings. The summed E-state index contributed by atoms with van der Waals surface area (Å²) in [5, 5.41) is 1.11. The summed E-state index contributed by atoms with van der Waals surface area (Å²) in [7, 11) is 0. The van der Waals surface area contributed by atoms with Crippen molar-refractivity contribution in [1.82, 2.24) is 10.4 Å². The first-order valence-corrected chi connectivity index (χ1v) is 6.48. The highest BCUT2D eigenvalue weighted by atomic mass is 32.1. The summed E-state index contributed by atoms with van der Waals surface area (Å²) in [6.45, 7) is 4.25. The highest BCUT2D eigenvalue weighted by Gasteiger charge is 2.11. The maximum Gasteiger partial charge on any atom is 0.0897 e. The minimum Gasteiger partial charge on any atom is -0.271 e. The van der Waals surface area contributed by atoms with Crippen LogP contribution in [0.2, 0.25) is 0 Å². The Morgan fingerprint density at radius 2 is 2.27 bits per heavy atom. The first-order valence-electron chi connectivity index (χ1n) is 5.66. The van der Waals surface area contributed by atoms with E-state index in [1.807, 2.05) is 13.1 Å². The van der Waals surface area contributed by atoms with Crippen molar-refractivity contribution in [3.05, 3.63) is 16.1 Å². The van der Waals surface area contributed by atoms with Crippen molar-refractivity contribution in [2.45, 2.75) is 52.0 Å². The predicted octanol–water partition coefficient (Wildman–Crippen LogP) is 2.93. The monoisotopic (exact) mass is 227 g/mol. The van der Waals surface area contributed by atoms with Crippen molar-refractivity contribution in [3.63, 3.8) is 0 Å². The van der Waals surface area contributed by atoms with E-state index in [1.165, 1.54) is 30.6 Å². The van der Waals surface area contributed by atoms with Crippen LogP contribution in [0.5, 0.6) is 0 Å². The second-order valence-electron chi connectivity index (χ2n) is 3.85. The van der Waals surface area contributed by atoms with E-state index >= 15 is 0 Å². The van der Waals surface area contributed by atoms with E-state index in [1.54, 1.807) is 11.3 Å². The lowest BCUT2D eigenvalue weighted by Crippen LogP contribution is -2.27. The van der Waals surface area contributed by atoms with Crippen LogP contribution in [0.25, 0.3) is 0 Å². The maximum absolute atomic E-state index is 5.56. The maximum atomic E-state index is 5.56. The molecule has 0 bridgehead atoms. The highest BCUT2D eigenvalue weighted by molar-refractivity contribution is 7.11. The Morgan fingerprint density at radius 1 is 1.47 bits per heavy atom. The van der Waals surface area contributed by atoms with Gasteiger partial charge in [0.25, 0.3) is 0 Å². The summed E-state index contributed by atoms with van der Waals surface area (Å²) in [6.07, 6.45) is 8.17. The van der Waals surface area contributed by atoms with Gasteiger partial charge in [-0.25, -0.2) is 4.98 Å². The Hall–Kier alpha value is -0.450. The molecule has 0 aromatic carbocycles. The number of hydrazine groups is 1. The molecule has 0 aliphatic rings. The third-order valence-corrected chi connectivity index (χ3v) is 3.56. The van der Waals surface area contributed by atoms with Gasteiger partial charge in [0.15, 0.2) is 0 Å². The highest BCUT2D eigenvalue weighted by Crippen LogP contribution is 2.24. The van der Waals surface area contributed by atoms with Gasteiger partial charge in [-0.1, -0.05) is 32.6 Å². The van der Waals surface area contributed by atoms with Gasteiger partial charge >= 0.3 is 0 Å². The second-order valence-corrected chi connectivity index (χ2v) is 5.12. The topological polar surface area (TPSA) is 50.9 Å². The predicted molar refractivity (Wildman–Crippen MR) is 65.7 cm³/mol. The number of hydrogen-bond donors (Lipinski definition) is 2. The Balaban J connectivity index is 2.35. The molecule has 3 nitrogen and oxygen atoms in total. The molecule has 1 unspecified atom stereocenters. The van der Waals surface area contributed by atoms with E-state index in [0.29, 0.717) is 0 Å². The van der Waals surface area contributed by atoms with Gasteiger partial charge in [-0.3, -0.25) is 11.3 Å². The van der Waals surface area contributed by atoms with E-state index in [9.17, 15) is 0 Å². The zero-order valence-corrected chi connectivity index (χ0v) is 10.4. The number of nitrogens with one attached hydrogen (secondary N) is 1. The van der Waals surface area contributed by atoms with Crippen LogP contribution in [0.15, 0.2) is 6.20 Å². The molecule has 1 rings (SSSR count). The number of hydrogen-bond acceptors (Lipinski definition) is 4. The van der Waals surface area contributed by atoms with Crippen LogP contribution in [-0.2, 0) is 0 Å². The van der Waals surface area contributed by atoms with Gasteiger partial charge in [-0.05, 0) is 13.3 Å². The summed E-state index contributed by atoms with van der Waals surface area (Å²) >= 11 is 1.73. The fraction of sp³-hybridized carbons (Fsp3) is 0.727. The van der Waals surface area contributed by atoms with Gasteiger partial charge < -0.3 is 0 Å². The standard InChI is InChI=1S/C11H21N3S/c1-3-4-5-6-7-10(14-12)11-8-13-9(2)15-11/h8,10,14H,3-7,12H2,1-2H3. The third-order valence-electron chi connectivity index (χ3n) is 2.53. The molecule has 0 radical (unpaired) electrons. The molecule has 4 heteroatoms. The Bertz CT molecular complexity index is 273. The fourth-order valence-corrected chi connectivity index (χ4v) is 2.50. The van der Waals surface area contributed by atoms with E-state index in [-0.39, 0.29) is 6.04 Å². The molecule has 0 saturated heterocycles. The molecule has 0 aliphatic heterocycles. The molecule has 0 spiro atoms. The van der Waals surface area contributed by atoms with Crippen molar-refractivity contribution in [2.75, 3.05) is 0 Å². The van der Waals surface area contributed by atoms with E-state index in [0.717, 1.165) is 11.4 Å². The van der Waals surface area contributed by atoms with E-state index in [4.69, 9.17) is 5.84 Å². The number of rotatable bonds is 7. The van der Waals surface area contributed by atoms with Gasteiger partial charge in [0.1, 0.15) is 0 Å². The van der Waals surface area contributed by atoms with Crippen molar-refractivity contribution >= 4 is 11.3 Å². The lowest BCUT2D eigenvalue weighted by Gasteiger charge is -2.12. The van der Waals surface area contributed by atoms with Crippen molar-refractivity contribution in [2.24, 2.45) is 5.84 Å². The van der Waals surface area contributed by atoms with Crippen LogP contribution < -0.4 is 11.3 Å². The van der Waals surface area contributed by atoms with E-state index in [2.05, 4.69) is 17.3 Å². The molecule has 3 N–H and O–H groups in total. The first kappa shape index (κ1) is 12.6. The molecule has 0 amide bonds. The van der Waals surface area contributed by atoms with E-state index < -0.39 is 0 Å². The van der Waals surface area contributed by atoms with Gasteiger partial charge in [0.2, 0.25) is 0 Å². The zero-order valence-electron chi connectivity index (χ0n) is 9.62. The van der Waals surface area contributed by atoms with Crippen LogP contribution >= 0.6 is 11.3 Å². The normalized spacial score (nSPS) is 13.0. The number of aryl methyl sites for hydroxylation is 1. The third kappa shape index (κ3) is 4.28. The Kier molecular flexibility index (Phi) is 5.83. The molecular formula is C11H21N3S. The van der Waals surface area contributed by atoms with Crippen molar-refractivity contribution in [3.8, 4) is 0 Å². The minimum atomic E-state index is 0.285. The average Bonchev–Trinajstić information content (AvgIpc) is 2.65. The zero-order chi connectivity index (χ0) is 11.1. The van der Waals surface area contributed by atoms with Crippen LogP contribution in [0, 0.1) is 6.92 Å². The first-order chi connectivity index (χ1) is 7.27. The number of thiazole rings is 1. The summed E-state index contributed by atoms with van der Waals surface area (Å²) in [6, 6.07) is 0.285. The molecule has 1 heterocycles. The fourth-order valence-electron chi connectivity index (χ4n) is 1.62. The molecule has 0 aliphatic carbocycles. The van der Waals surface area contributed by atoms with Gasteiger partial charge in [0, 0.05) is 11.1 Å². The number of nitrogens with two attached hydrogens (primary N) is 1. The molecule has 0 saturated carbocycles. The summed E-state index contributed by atoms with van der Waals surface area (Å²) in [5.74, 6) is 5.56. The Labute approximate surface area is 96.1 Å². The summed E-state index contributed by atoms with van der Waals surface area (Å²) < 4.78 is 0. The molecule has 15 heavy (non-hydrogen) atoms. The smallest absolute Gasteiger partial charge is 0.0897 e. The average molecular weight is 227 g/mol. The van der Waals surface area contributed by atoms with Crippen LogP contribution in [0.3, 0.4) is 0 Å². The van der Waals surface area contributed by atoms with Crippen molar-refractivity contribution in [1.29, 1.82) is 0 Å². The van der Waals surface area contributed by atoms with Crippen LogP contribution in [-0.4, -0.2) is 4.98 Å². The molecule has 0 fully saturated rings. The number of nitrogens with zero attached hydrogens (tertiary/aromatic N) is 1. The number of aromatic nitrogens is 1. The lowest BCUT2D eigenvalue weighted by atomic mass is 10.1.